The molecule has 1 aromatic heterocycles. The van der Waals surface area contributed by atoms with Crippen LogP contribution in [-0.2, 0) is 0 Å². The zero-order valence-corrected chi connectivity index (χ0v) is 19.7. The zero-order valence-electron chi connectivity index (χ0n) is 18.2. The molecule has 178 valence electrons. The van der Waals surface area contributed by atoms with Gasteiger partial charge in [0, 0.05) is 23.4 Å². The van der Waals surface area contributed by atoms with Crippen molar-refractivity contribution in [3.05, 3.63) is 109 Å². The van der Waals surface area contributed by atoms with E-state index in [4.69, 9.17) is 23.2 Å². The number of aromatic nitrogens is 2. The minimum Gasteiger partial charge on any atom is -0.326 e. The van der Waals surface area contributed by atoms with Gasteiger partial charge >= 0.3 is 0 Å². The van der Waals surface area contributed by atoms with E-state index in [9.17, 15) is 19.7 Å². The van der Waals surface area contributed by atoms with Crippen LogP contribution in [0.2, 0.25) is 10.0 Å². The highest BCUT2D eigenvalue weighted by atomic mass is 35.5. The van der Waals surface area contributed by atoms with E-state index in [1.807, 2.05) is 24.3 Å². The number of rotatable bonds is 5. The van der Waals surface area contributed by atoms with Gasteiger partial charge in [-0.1, -0.05) is 59.6 Å². The van der Waals surface area contributed by atoms with E-state index in [1.54, 1.807) is 36.4 Å². The number of aromatic amines is 1. The lowest BCUT2D eigenvalue weighted by Crippen LogP contribution is -2.16. The van der Waals surface area contributed by atoms with E-state index in [-0.39, 0.29) is 28.2 Å². The molecule has 1 amide bonds. The number of hydrogen-bond donors (Lipinski definition) is 3. The summed E-state index contributed by atoms with van der Waals surface area (Å²) in [5, 5.41) is 19.3. The van der Waals surface area contributed by atoms with Crippen molar-refractivity contribution >= 4 is 73.8 Å². The second-order valence-corrected chi connectivity index (χ2v) is 8.61. The summed E-state index contributed by atoms with van der Waals surface area (Å²) < 4.78 is 0. The van der Waals surface area contributed by atoms with Crippen LogP contribution in [0.4, 0.5) is 23.0 Å². The third-order valence-electron chi connectivity index (χ3n) is 5.47. The number of carbonyl (C=O) groups excluding carboxylic acids is 1. The fourth-order valence-corrected chi connectivity index (χ4v) is 4.11. The molecule has 0 aliphatic carbocycles. The highest BCUT2D eigenvalue weighted by Crippen LogP contribution is 2.30. The van der Waals surface area contributed by atoms with Gasteiger partial charge in [-0.15, -0.1) is 0 Å². The number of non-ortho nitro benzene ring substituents is 1. The number of fused-ring (bicyclic) bond motifs is 2. The molecule has 5 rings (SSSR count). The van der Waals surface area contributed by atoms with Crippen LogP contribution in [0.25, 0.3) is 21.7 Å². The van der Waals surface area contributed by atoms with Crippen molar-refractivity contribution in [2.45, 2.75) is 0 Å². The number of nitrogens with zero attached hydrogens (tertiary/aromatic N) is 2. The van der Waals surface area contributed by atoms with Crippen molar-refractivity contribution < 1.29 is 9.72 Å². The number of anilines is 3. The molecular weight excluding hydrogens is 505 g/mol. The molecule has 5 aromatic rings. The summed E-state index contributed by atoms with van der Waals surface area (Å²) in [6, 6.07) is 19.6. The number of halogens is 2. The summed E-state index contributed by atoms with van der Waals surface area (Å²) in [6.45, 7) is 0. The van der Waals surface area contributed by atoms with Gasteiger partial charge in [-0.2, -0.15) is 0 Å². The first-order chi connectivity index (χ1) is 17.3. The lowest BCUT2D eigenvalue weighted by atomic mass is 10.0. The first kappa shape index (κ1) is 23.3. The number of nitro benzene ring substituents is 1. The number of carbonyl (C=O) groups is 1. The molecule has 11 heteroatoms. The molecule has 1 heterocycles. The maximum Gasteiger partial charge on any atom is 0.272 e. The van der Waals surface area contributed by atoms with Crippen LogP contribution >= 0.6 is 23.2 Å². The van der Waals surface area contributed by atoms with Gasteiger partial charge in [0.2, 0.25) is 5.95 Å². The van der Waals surface area contributed by atoms with Gasteiger partial charge in [-0.05, 0) is 35.0 Å². The van der Waals surface area contributed by atoms with Crippen LogP contribution in [-0.4, -0.2) is 20.8 Å². The number of nitro groups is 1. The molecule has 0 bridgehead atoms. The van der Waals surface area contributed by atoms with Crippen molar-refractivity contribution in [1.82, 2.24) is 9.97 Å². The summed E-state index contributed by atoms with van der Waals surface area (Å²) in [4.78, 5) is 43.9. The van der Waals surface area contributed by atoms with Gasteiger partial charge in [0.1, 0.15) is 5.52 Å². The quantitative estimate of drug-likeness (QED) is 0.185. The molecule has 0 saturated carbocycles. The number of amides is 1. The van der Waals surface area contributed by atoms with Crippen LogP contribution in [0.1, 0.15) is 10.4 Å². The predicted molar refractivity (Wildman–Crippen MR) is 141 cm³/mol. The van der Waals surface area contributed by atoms with E-state index in [0.717, 1.165) is 11.5 Å². The summed E-state index contributed by atoms with van der Waals surface area (Å²) in [6.07, 6.45) is 0. The molecule has 0 radical (unpaired) electrons. The van der Waals surface area contributed by atoms with Crippen LogP contribution in [0.3, 0.4) is 0 Å². The van der Waals surface area contributed by atoms with Gasteiger partial charge in [-0.3, -0.25) is 24.7 Å². The van der Waals surface area contributed by atoms with Gasteiger partial charge < -0.3 is 10.6 Å². The topological polar surface area (TPSA) is 130 Å². The van der Waals surface area contributed by atoms with Crippen molar-refractivity contribution in [1.29, 1.82) is 0 Å². The van der Waals surface area contributed by atoms with Crippen molar-refractivity contribution in [3.8, 4) is 0 Å². The van der Waals surface area contributed by atoms with Crippen molar-refractivity contribution in [3.63, 3.8) is 0 Å². The molecule has 0 aliphatic heterocycles. The smallest absolute Gasteiger partial charge is 0.272 e. The van der Waals surface area contributed by atoms with E-state index in [2.05, 4.69) is 20.6 Å². The Balaban J connectivity index is 1.61. The maximum absolute atomic E-state index is 13.2. The lowest BCUT2D eigenvalue weighted by molar-refractivity contribution is -0.384. The fourth-order valence-electron chi connectivity index (χ4n) is 3.81. The van der Waals surface area contributed by atoms with E-state index >= 15 is 0 Å². The minimum absolute atomic E-state index is 0.0143. The van der Waals surface area contributed by atoms with Crippen LogP contribution in [0.15, 0.2) is 77.6 Å². The number of benzene rings is 4. The monoisotopic (exact) mass is 519 g/mol. The van der Waals surface area contributed by atoms with Gasteiger partial charge in [0.15, 0.2) is 0 Å². The van der Waals surface area contributed by atoms with Gasteiger partial charge in [0.25, 0.3) is 17.2 Å². The van der Waals surface area contributed by atoms with E-state index in [1.165, 1.54) is 6.07 Å². The first-order valence-electron chi connectivity index (χ1n) is 10.5. The number of H-pyrrole nitrogens is 1. The third-order valence-corrected chi connectivity index (χ3v) is 6.21. The molecule has 9 nitrogen and oxygen atoms in total. The molecule has 0 aliphatic rings. The summed E-state index contributed by atoms with van der Waals surface area (Å²) in [7, 11) is 0. The first-order valence-corrected chi connectivity index (χ1v) is 11.3. The van der Waals surface area contributed by atoms with Crippen LogP contribution < -0.4 is 16.2 Å². The largest absolute Gasteiger partial charge is 0.326 e. The third kappa shape index (κ3) is 4.45. The Labute approximate surface area is 212 Å². The Morgan fingerprint density at radius 3 is 2.50 bits per heavy atom. The zero-order chi connectivity index (χ0) is 25.4. The Morgan fingerprint density at radius 2 is 1.72 bits per heavy atom. The Morgan fingerprint density at radius 1 is 0.944 bits per heavy atom. The van der Waals surface area contributed by atoms with Gasteiger partial charge in [0.05, 0.1) is 26.0 Å². The normalized spacial score (nSPS) is 10.9. The number of nitrogens with one attached hydrogen (secondary N) is 3. The molecule has 0 saturated heterocycles. The summed E-state index contributed by atoms with van der Waals surface area (Å²) in [5.41, 5.74) is -0.0528. The maximum atomic E-state index is 13.2. The standard InChI is InChI=1S/C25H15Cl2N5O4/c26-19-9-8-14(10-20(19)27)28-25-30-22-18(24(34)31-25)11-15(32(35)36)12-21(22)29-23(33)17-7-3-5-13-4-1-2-6-16(13)17/h1-12H,(H,29,33)(H2,28,30,31,34). The molecule has 4 aromatic carbocycles. The second-order valence-electron chi connectivity index (χ2n) is 7.80. The van der Waals surface area contributed by atoms with Crippen molar-refractivity contribution in [2.24, 2.45) is 0 Å². The minimum atomic E-state index is -0.645. The SMILES string of the molecule is O=C(Nc1cc([N+](=O)[O-])cc2c(=O)[nH]c(Nc3ccc(Cl)c(Cl)c3)nc12)c1cccc2ccccc12. The average molecular weight is 520 g/mol. The van der Waals surface area contributed by atoms with Crippen LogP contribution in [0.5, 0.6) is 0 Å². The lowest BCUT2D eigenvalue weighted by Gasteiger charge is -2.12. The Bertz CT molecular complexity index is 1750. The Hall–Kier alpha value is -4.47. The van der Waals surface area contributed by atoms with E-state index < -0.39 is 16.4 Å². The highest BCUT2D eigenvalue weighted by Gasteiger charge is 2.19. The molecule has 0 unspecified atom stereocenters. The molecular formula is C25H15Cl2N5O4. The second kappa shape index (κ2) is 9.29. The summed E-state index contributed by atoms with van der Waals surface area (Å²) in [5.74, 6) is -0.463. The highest BCUT2D eigenvalue weighted by molar-refractivity contribution is 6.42. The molecule has 3 N–H and O–H groups in total. The molecule has 0 fully saturated rings. The number of hydrogen-bond acceptors (Lipinski definition) is 6. The molecule has 0 atom stereocenters. The average Bonchev–Trinajstić information content (AvgIpc) is 2.86. The van der Waals surface area contributed by atoms with Crippen LogP contribution in [0, 0.1) is 10.1 Å². The Kier molecular flexibility index (Phi) is 6.01. The molecule has 0 spiro atoms. The molecule has 36 heavy (non-hydrogen) atoms. The predicted octanol–water partition coefficient (Wildman–Crippen LogP) is 6.29. The fraction of sp³-hybridized carbons (Fsp3) is 0. The van der Waals surface area contributed by atoms with E-state index in [0.29, 0.717) is 26.7 Å². The van der Waals surface area contributed by atoms with Gasteiger partial charge in [-0.25, -0.2) is 4.98 Å². The van der Waals surface area contributed by atoms with Crippen molar-refractivity contribution in [2.75, 3.05) is 10.6 Å². The summed E-state index contributed by atoms with van der Waals surface area (Å²) >= 11 is 12.0.